The fourth-order valence-electron chi connectivity index (χ4n) is 2.53. The van der Waals surface area contributed by atoms with Gasteiger partial charge in [-0.1, -0.05) is 19.9 Å². The summed E-state index contributed by atoms with van der Waals surface area (Å²) in [4.78, 5) is 12.5. The smallest absolute Gasteiger partial charge is 0.411 e. The fourth-order valence-corrected chi connectivity index (χ4v) is 3.71. The Bertz CT molecular complexity index is 631. The van der Waals surface area contributed by atoms with E-state index in [1.54, 1.807) is 18.2 Å². The van der Waals surface area contributed by atoms with Gasteiger partial charge in [-0.25, -0.2) is 9.18 Å². The number of halogens is 1. The molecule has 1 aliphatic heterocycles. The molecule has 1 aromatic carbocycles. The molecule has 3 N–H and O–H groups in total. The average Bonchev–Trinajstić information content (AvgIpc) is 2.45. The molecule has 0 aromatic heterocycles. The Morgan fingerprint density at radius 3 is 2.57 bits per heavy atom. The van der Waals surface area contributed by atoms with Gasteiger partial charge in [0.1, 0.15) is 5.82 Å². The molecule has 128 valence electrons. The molecule has 0 saturated heterocycles. The summed E-state index contributed by atoms with van der Waals surface area (Å²) in [7, 11) is -2.57. The van der Waals surface area contributed by atoms with Crippen LogP contribution in [-0.2, 0) is 0 Å². The topological polar surface area (TPSA) is 81.0 Å². The van der Waals surface area contributed by atoms with E-state index in [0.717, 1.165) is 10.5 Å². The lowest BCUT2D eigenvalue weighted by Crippen LogP contribution is -2.32. The molecule has 0 spiro atoms. The zero-order chi connectivity index (χ0) is 17.2. The number of allylic oxidation sites excluding steroid dienone is 1. The Balaban J connectivity index is 2.27. The first-order chi connectivity index (χ1) is 10.7. The summed E-state index contributed by atoms with van der Waals surface area (Å²) >= 11 is 0. The lowest BCUT2D eigenvalue weighted by molar-refractivity contribution is 0.201. The second-order valence-electron chi connectivity index (χ2n) is 6.10. The summed E-state index contributed by atoms with van der Waals surface area (Å²) in [6, 6.07) is 4.37. The Morgan fingerprint density at radius 2 is 2.09 bits per heavy atom. The van der Waals surface area contributed by atoms with Crippen LogP contribution in [0, 0.1) is 11.7 Å². The average molecular weight is 343 g/mol. The van der Waals surface area contributed by atoms with Gasteiger partial charge in [-0.05, 0) is 36.1 Å². The second-order valence-corrected chi connectivity index (χ2v) is 8.45. The van der Waals surface area contributed by atoms with Gasteiger partial charge in [0.15, 0.2) is 0 Å². The highest BCUT2D eigenvalue weighted by molar-refractivity contribution is 8.24. The zero-order valence-corrected chi connectivity index (χ0v) is 14.0. The molecule has 1 heterocycles. The maximum absolute atomic E-state index is 14.4. The van der Waals surface area contributed by atoms with Gasteiger partial charge in [0.2, 0.25) is 0 Å². The normalized spacial score (nSPS) is 18.4. The maximum atomic E-state index is 14.4. The van der Waals surface area contributed by atoms with Crippen LogP contribution in [0.2, 0.25) is 0 Å². The number of hydrogen-bond acceptors (Lipinski definition) is 3. The van der Waals surface area contributed by atoms with Crippen LogP contribution < -0.4 is 4.90 Å². The van der Waals surface area contributed by atoms with Crippen LogP contribution in [-0.4, -0.2) is 38.4 Å². The molecule has 0 saturated carbocycles. The molecule has 5 nitrogen and oxygen atoms in total. The van der Waals surface area contributed by atoms with Crippen LogP contribution in [0.1, 0.15) is 25.8 Å². The Kier molecular flexibility index (Phi) is 5.33. The summed E-state index contributed by atoms with van der Waals surface area (Å²) in [5, 5.41) is 9.28. The Labute approximate surface area is 136 Å². The van der Waals surface area contributed by atoms with E-state index in [0.29, 0.717) is 17.7 Å². The number of anilines is 1. The van der Waals surface area contributed by atoms with Crippen LogP contribution in [0.5, 0.6) is 0 Å². The molecule has 2 rings (SSSR count). The monoisotopic (exact) mass is 343 g/mol. The quantitative estimate of drug-likeness (QED) is 0.751. The van der Waals surface area contributed by atoms with Crippen molar-refractivity contribution in [2.45, 2.75) is 20.3 Å². The first-order valence-electron chi connectivity index (χ1n) is 7.42. The predicted octanol–water partition coefficient (Wildman–Crippen LogP) is 4.50. The molecular weight excluding hydrogens is 321 g/mol. The van der Waals surface area contributed by atoms with Crippen molar-refractivity contribution in [3.8, 4) is 0 Å². The third-order valence-corrected chi connectivity index (χ3v) is 5.24. The minimum atomic E-state index is -2.57. The van der Waals surface area contributed by atoms with E-state index in [1.807, 2.05) is 13.8 Å². The van der Waals surface area contributed by atoms with Crippen LogP contribution in [0.25, 0.3) is 5.57 Å². The number of nitrogens with zero attached hydrogens (tertiary/aromatic N) is 1. The third-order valence-electron chi connectivity index (χ3n) is 3.68. The van der Waals surface area contributed by atoms with Crippen LogP contribution >= 0.6 is 10.6 Å². The van der Waals surface area contributed by atoms with E-state index in [9.17, 15) is 23.4 Å². The summed E-state index contributed by atoms with van der Waals surface area (Å²) in [5.74, 6) is -0.00512. The van der Waals surface area contributed by atoms with E-state index in [2.05, 4.69) is 0 Å². The van der Waals surface area contributed by atoms with E-state index in [1.165, 1.54) is 6.07 Å². The van der Waals surface area contributed by atoms with Gasteiger partial charge in [-0.2, -0.15) is 10.6 Å². The summed E-state index contributed by atoms with van der Waals surface area (Å²) in [6.45, 7) is 4.08. The third kappa shape index (κ3) is 4.46. The molecule has 0 bridgehead atoms. The molecule has 0 fully saturated rings. The van der Waals surface area contributed by atoms with Crippen molar-refractivity contribution >= 4 is 27.9 Å². The van der Waals surface area contributed by atoms with Crippen molar-refractivity contribution in [3.63, 3.8) is 0 Å². The van der Waals surface area contributed by atoms with Crippen molar-refractivity contribution < 1.29 is 23.4 Å². The number of amides is 1. The lowest BCUT2D eigenvalue weighted by Gasteiger charge is -2.35. The molecule has 7 heteroatoms. The largest absolute Gasteiger partial charge is 0.465 e. The second kappa shape index (κ2) is 6.90. The Hall–Kier alpha value is -1.57. The van der Waals surface area contributed by atoms with Crippen molar-refractivity contribution in [2.75, 3.05) is 23.0 Å². The number of carbonyl (C=O) groups is 1. The van der Waals surface area contributed by atoms with E-state index >= 15 is 0 Å². The van der Waals surface area contributed by atoms with Gasteiger partial charge in [-0.15, -0.1) is 0 Å². The summed E-state index contributed by atoms with van der Waals surface area (Å²) in [6.07, 6.45) is 0.935. The highest BCUT2D eigenvalue weighted by Crippen LogP contribution is 2.45. The number of rotatable bonds is 4. The summed E-state index contributed by atoms with van der Waals surface area (Å²) < 4.78 is 33.6. The van der Waals surface area contributed by atoms with Gasteiger partial charge in [0, 0.05) is 23.5 Å². The van der Waals surface area contributed by atoms with Gasteiger partial charge in [0.05, 0.1) is 5.75 Å². The molecule has 0 aliphatic carbocycles. The fraction of sp³-hybridized carbons (Fsp3) is 0.438. The number of carboxylic acid groups (broad SMARTS) is 1. The van der Waals surface area contributed by atoms with E-state index < -0.39 is 22.5 Å². The highest BCUT2D eigenvalue weighted by atomic mass is 32.3. The SMILES string of the molecule is CC(C)CN(C(=O)O)c1ccc(C2=CCS(O)(O)CC2)c(F)c1. The first-order valence-corrected chi connectivity index (χ1v) is 9.31. The molecule has 1 aliphatic rings. The van der Waals surface area contributed by atoms with Crippen LogP contribution in [0.15, 0.2) is 24.3 Å². The van der Waals surface area contributed by atoms with E-state index in [4.69, 9.17) is 0 Å². The lowest BCUT2D eigenvalue weighted by atomic mass is 10.0. The van der Waals surface area contributed by atoms with Crippen molar-refractivity contribution in [1.29, 1.82) is 0 Å². The van der Waals surface area contributed by atoms with Gasteiger partial charge >= 0.3 is 6.09 Å². The molecule has 0 atom stereocenters. The van der Waals surface area contributed by atoms with Gasteiger partial charge in [-0.3, -0.25) is 14.0 Å². The molecule has 0 unspecified atom stereocenters. The highest BCUT2D eigenvalue weighted by Gasteiger charge is 2.22. The molecule has 1 amide bonds. The minimum absolute atomic E-state index is 0.125. The van der Waals surface area contributed by atoms with Crippen LogP contribution in [0.3, 0.4) is 0 Å². The first kappa shape index (κ1) is 17.8. The minimum Gasteiger partial charge on any atom is -0.465 e. The standard InChI is InChI=1S/C16H22FNO4S/c1-11(2)10-18(16(19)20)13-3-4-14(15(17)9-13)12-5-7-23(21,22)8-6-12/h3-5,9,11,21-22H,6-8,10H2,1-2H3,(H,19,20). The number of hydrogen-bond donors (Lipinski definition) is 3. The van der Waals surface area contributed by atoms with Gasteiger partial charge < -0.3 is 5.11 Å². The predicted molar refractivity (Wildman–Crippen MR) is 91.8 cm³/mol. The van der Waals surface area contributed by atoms with Crippen molar-refractivity contribution in [1.82, 2.24) is 0 Å². The molecule has 0 radical (unpaired) electrons. The molecule has 1 aromatic rings. The number of benzene rings is 1. The zero-order valence-electron chi connectivity index (χ0n) is 13.2. The van der Waals surface area contributed by atoms with E-state index in [-0.39, 0.29) is 24.0 Å². The maximum Gasteiger partial charge on any atom is 0.411 e. The summed E-state index contributed by atoms with van der Waals surface area (Å²) in [5.41, 5.74) is 1.41. The molecule has 23 heavy (non-hydrogen) atoms. The molecular formula is C16H22FNO4S. The van der Waals surface area contributed by atoms with Crippen molar-refractivity contribution in [3.05, 3.63) is 35.7 Å². The van der Waals surface area contributed by atoms with Crippen molar-refractivity contribution in [2.24, 2.45) is 5.92 Å². The van der Waals surface area contributed by atoms with Crippen LogP contribution in [0.4, 0.5) is 14.9 Å². The Morgan fingerprint density at radius 1 is 1.39 bits per heavy atom. The van der Waals surface area contributed by atoms with Gasteiger partial charge in [0.25, 0.3) is 0 Å².